The number of benzene rings is 3. The Bertz CT molecular complexity index is 1790. The van der Waals surface area contributed by atoms with Gasteiger partial charge >= 0.3 is 0 Å². The van der Waals surface area contributed by atoms with Gasteiger partial charge in [0.15, 0.2) is 11.6 Å². The highest BCUT2D eigenvalue weighted by molar-refractivity contribution is 7.99. The van der Waals surface area contributed by atoms with Gasteiger partial charge in [-0.2, -0.15) is 4.39 Å². The summed E-state index contributed by atoms with van der Waals surface area (Å²) in [5.41, 5.74) is 2.90. The van der Waals surface area contributed by atoms with E-state index in [1.807, 2.05) is 6.07 Å². The van der Waals surface area contributed by atoms with Gasteiger partial charge in [-0.1, -0.05) is 31.5 Å². The number of fused-ring (bicyclic) bond motifs is 2. The van der Waals surface area contributed by atoms with Crippen LogP contribution >= 0.6 is 11.8 Å². The summed E-state index contributed by atoms with van der Waals surface area (Å²) >= 11 is 1.24. The van der Waals surface area contributed by atoms with E-state index in [9.17, 15) is 4.39 Å². The van der Waals surface area contributed by atoms with Crippen LogP contribution in [-0.4, -0.2) is 39.4 Å². The number of H-pyrrole nitrogens is 2. The third kappa shape index (κ3) is 5.45. The van der Waals surface area contributed by atoms with Crippen LogP contribution in [0.1, 0.15) is 43.5 Å². The van der Waals surface area contributed by atoms with Crippen LogP contribution in [0.3, 0.4) is 0 Å². The molecule has 7 nitrogen and oxygen atoms in total. The van der Waals surface area contributed by atoms with Crippen molar-refractivity contribution in [3.63, 3.8) is 0 Å². The number of aromatic amines is 2. The van der Waals surface area contributed by atoms with E-state index in [-0.39, 0.29) is 29.1 Å². The monoisotopic (exact) mass is 609 g/mol. The number of ether oxygens (including phenoxy) is 2. The molecule has 0 saturated carbocycles. The Morgan fingerprint density at radius 1 is 1.19 bits per heavy atom. The van der Waals surface area contributed by atoms with Crippen molar-refractivity contribution in [1.29, 1.82) is 0 Å². The molecule has 3 aromatic carbocycles. The van der Waals surface area contributed by atoms with Gasteiger partial charge in [0.25, 0.3) is 6.47 Å². The summed E-state index contributed by atoms with van der Waals surface area (Å²) in [6.07, 6.45) is 7.69. The van der Waals surface area contributed by atoms with Crippen LogP contribution in [0, 0.1) is 17.5 Å². The first-order valence-electron chi connectivity index (χ1n) is 13.7. The Balaban J connectivity index is 0.00000118. The third-order valence-electron chi connectivity index (χ3n) is 7.66. The summed E-state index contributed by atoms with van der Waals surface area (Å²) in [5, 5.41) is 7.39. The first-order chi connectivity index (χ1) is 20.8. The Kier molecular flexibility index (Phi) is 8.72. The lowest BCUT2D eigenvalue weighted by Crippen LogP contribution is -2.32. The number of nitrogens with one attached hydrogen (secondary N) is 2. The molecule has 1 atom stereocenters. The van der Waals surface area contributed by atoms with Crippen molar-refractivity contribution in [2.75, 3.05) is 12.9 Å². The van der Waals surface area contributed by atoms with E-state index in [0.717, 1.165) is 36.3 Å². The predicted molar refractivity (Wildman–Crippen MR) is 160 cm³/mol. The number of thioether (sulfide) groups is 1. The van der Waals surface area contributed by atoms with Gasteiger partial charge in [-0.05, 0) is 55.9 Å². The van der Waals surface area contributed by atoms with Crippen molar-refractivity contribution in [2.24, 2.45) is 0 Å². The molecule has 0 bridgehead atoms. The van der Waals surface area contributed by atoms with E-state index >= 15 is 8.78 Å². The number of aryl methyl sites for hydroxylation is 1. The molecule has 0 spiro atoms. The highest BCUT2D eigenvalue weighted by atomic mass is 32.2. The van der Waals surface area contributed by atoms with Gasteiger partial charge in [-0.15, -0.1) is 11.8 Å². The minimum atomic E-state index is -1.11. The number of rotatable bonds is 7. The molecule has 3 N–H and O–H groups in total. The number of nitrogens with zero attached hydrogens (tertiary/aromatic N) is 1. The second kappa shape index (κ2) is 12.5. The molecule has 0 radical (unpaired) electrons. The number of imidazole rings is 1. The summed E-state index contributed by atoms with van der Waals surface area (Å²) in [6.45, 7) is 4.58. The van der Waals surface area contributed by atoms with Gasteiger partial charge in [-0.25, -0.2) is 13.8 Å². The highest BCUT2D eigenvalue weighted by Crippen LogP contribution is 2.46. The lowest BCUT2D eigenvalue weighted by molar-refractivity contribution is -0.122. The van der Waals surface area contributed by atoms with Gasteiger partial charge in [0.2, 0.25) is 5.82 Å². The molecule has 0 fully saturated rings. The van der Waals surface area contributed by atoms with Crippen LogP contribution < -0.4 is 9.47 Å². The summed E-state index contributed by atoms with van der Waals surface area (Å²) in [7, 11) is 0. The molecular weight excluding hydrogens is 579 g/mol. The second-order valence-electron chi connectivity index (χ2n) is 10.2. The summed E-state index contributed by atoms with van der Waals surface area (Å²) < 4.78 is 56.8. The van der Waals surface area contributed by atoms with Crippen molar-refractivity contribution in [3.8, 4) is 28.6 Å². The lowest BCUT2D eigenvalue weighted by atomic mass is 9.74. The number of carboxylic acid groups (broad SMARTS) is 1. The maximum Gasteiger partial charge on any atom is 0.290 e. The summed E-state index contributed by atoms with van der Waals surface area (Å²) in [5.74, 6) is -1.52. The minimum absolute atomic E-state index is 0.0714. The van der Waals surface area contributed by atoms with Crippen LogP contribution in [0.25, 0.3) is 22.3 Å². The van der Waals surface area contributed by atoms with E-state index in [1.165, 1.54) is 35.5 Å². The normalized spacial score (nSPS) is 15.8. The van der Waals surface area contributed by atoms with Gasteiger partial charge < -0.3 is 24.5 Å². The average Bonchev–Trinajstić information content (AvgIpc) is 3.69. The van der Waals surface area contributed by atoms with Crippen LogP contribution in [-0.2, 0) is 16.6 Å². The van der Waals surface area contributed by atoms with Gasteiger partial charge in [0.1, 0.15) is 23.1 Å². The quantitative estimate of drug-likeness (QED) is 0.127. The molecule has 6 rings (SSSR count). The molecule has 1 aliphatic heterocycles. The first kappa shape index (κ1) is 30.1. The zero-order valence-corrected chi connectivity index (χ0v) is 24.6. The molecule has 224 valence electrons. The number of halogens is 3. The van der Waals surface area contributed by atoms with E-state index in [1.54, 1.807) is 24.7 Å². The fraction of sp³-hybridized carbons (Fsp3) is 0.250. The van der Waals surface area contributed by atoms with Gasteiger partial charge in [-0.3, -0.25) is 4.79 Å². The number of hydrogen-bond acceptors (Lipinski definition) is 5. The minimum Gasteiger partial charge on any atom is -0.493 e. The molecule has 0 amide bonds. The van der Waals surface area contributed by atoms with Crippen molar-refractivity contribution in [2.45, 2.75) is 43.4 Å². The predicted octanol–water partition coefficient (Wildman–Crippen LogP) is 8.23. The summed E-state index contributed by atoms with van der Waals surface area (Å²) in [4.78, 5) is 19.4. The molecule has 1 aliphatic rings. The van der Waals surface area contributed by atoms with Crippen LogP contribution in [0.5, 0.6) is 17.2 Å². The molecule has 0 saturated heterocycles. The standard InChI is InChI=1S/C31H28F3N3O2S.CH2O2/c1-4-6-17-7-5-8-21-27(17)38-14-12-31(21,2)23-16-36-30(37-23)20-15-18(9-10-22(20)32)39-28-25(34)24(33)26-19(11-13-35-26)29(28)40-3;2-1-3/h5,7-11,13,15-16,35H,4,6,12,14H2,1-3H3,(H,36,37);1H,(H,2,3)/t31-;/m0./s1. The van der Waals surface area contributed by atoms with Crippen molar-refractivity contribution in [1.82, 2.24) is 15.0 Å². The molecule has 2 aromatic heterocycles. The molecule has 0 unspecified atom stereocenters. The van der Waals surface area contributed by atoms with E-state index in [2.05, 4.69) is 40.9 Å². The van der Waals surface area contributed by atoms with Crippen molar-refractivity contribution in [3.05, 3.63) is 89.1 Å². The van der Waals surface area contributed by atoms with Gasteiger partial charge in [0, 0.05) is 34.5 Å². The smallest absolute Gasteiger partial charge is 0.290 e. The maximum absolute atomic E-state index is 15.1. The van der Waals surface area contributed by atoms with Crippen molar-refractivity contribution >= 4 is 29.1 Å². The SMILES string of the molecule is CCCc1cccc2c1OCC[C@]2(C)c1cnc(-c2cc(Oc3c(F)c(F)c4[nH]ccc4c3SC)ccc2F)[nH]1.O=CO. The fourth-order valence-electron chi connectivity index (χ4n) is 5.50. The second-order valence-corrected chi connectivity index (χ2v) is 11.0. The molecular formula is C32H30F3N3O4S. The Morgan fingerprint density at radius 2 is 1.98 bits per heavy atom. The van der Waals surface area contributed by atoms with Crippen molar-refractivity contribution < 1.29 is 32.5 Å². The molecule has 3 heterocycles. The topological polar surface area (TPSA) is 100 Å². The van der Waals surface area contributed by atoms with Gasteiger partial charge in [0.05, 0.1) is 22.6 Å². The first-order valence-corrected chi connectivity index (χ1v) is 14.9. The highest BCUT2D eigenvalue weighted by Gasteiger charge is 2.37. The number of hydrogen-bond donors (Lipinski definition) is 3. The zero-order chi connectivity index (χ0) is 30.7. The molecule has 5 aromatic rings. The molecule has 0 aliphatic carbocycles. The van der Waals surface area contributed by atoms with E-state index in [4.69, 9.17) is 19.4 Å². The number of para-hydroxylation sites is 1. The van der Waals surface area contributed by atoms with E-state index in [0.29, 0.717) is 22.7 Å². The van der Waals surface area contributed by atoms with Crippen LogP contribution in [0.15, 0.2) is 59.8 Å². The Morgan fingerprint density at radius 3 is 2.72 bits per heavy atom. The summed E-state index contributed by atoms with van der Waals surface area (Å²) in [6, 6.07) is 11.9. The van der Waals surface area contributed by atoms with Crippen LogP contribution in [0.2, 0.25) is 0 Å². The number of carbonyl (C=O) groups is 1. The average molecular weight is 610 g/mol. The maximum atomic E-state index is 15.1. The third-order valence-corrected chi connectivity index (χ3v) is 8.47. The lowest BCUT2D eigenvalue weighted by Gasteiger charge is -2.36. The largest absolute Gasteiger partial charge is 0.493 e. The Labute approximate surface area is 250 Å². The Hall–Kier alpha value is -4.38. The molecule has 11 heteroatoms. The van der Waals surface area contributed by atoms with Crippen LogP contribution in [0.4, 0.5) is 13.2 Å². The van der Waals surface area contributed by atoms with E-state index < -0.39 is 22.9 Å². The zero-order valence-electron chi connectivity index (χ0n) is 23.8. The fourth-order valence-corrected chi connectivity index (χ4v) is 6.21. The molecule has 43 heavy (non-hydrogen) atoms. The number of aromatic nitrogens is 3.